The third kappa shape index (κ3) is 4.46. The minimum Gasteiger partial charge on any atom is -0.465 e. The number of rotatable bonds is 5. The molecule has 0 fully saturated rings. The summed E-state index contributed by atoms with van der Waals surface area (Å²) in [6.45, 7) is 3.83. The number of carbonyl (C=O) groups excluding carboxylic acids is 2. The van der Waals surface area contributed by atoms with Gasteiger partial charge in [0.25, 0.3) is 5.91 Å². The van der Waals surface area contributed by atoms with Crippen molar-refractivity contribution in [2.24, 2.45) is 4.99 Å². The normalized spacial score (nSPS) is 16.4. The van der Waals surface area contributed by atoms with Crippen LogP contribution in [0.4, 0.5) is 5.69 Å². The maximum Gasteiger partial charge on any atom is 0.319 e. The largest absolute Gasteiger partial charge is 0.465 e. The third-order valence-electron chi connectivity index (χ3n) is 3.85. The quantitative estimate of drug-likeness (QED) is 0.578. The van der Waals surface area contributed by atoms with E-state index in [0.29, 0.717) is 23.2 Å². The molecule has 0 radical (unpaired) electrons. The van der Waals surface area contributed by atoms with Crippen molar-refractivity contribution in [1.82, 2.24) is 0 Å². The number of anilines is 1. The Morgan fingerprint density at radius 1 is 1.15 bits per heavy atom. The Balaban J connectivity index is 1.94. The molecule has 0 bridgehead atoms. The molecule has 138 valence electrons. The average molecular weight is 380 g/mol. The lowest BCUT2D eigenvalue weighted by atomic mass is 10.2. The highest BCUT2D eigenvalue weighted by atomic mass is 32.2. The average Bonchev–Trinajstić information content (AvgIpc) is 2.98. The van der Waals surface area contributed by atoms with Crippen LogP contribution >= 0.6 is 11.8 Å². The van der Waals surface area contributed by atoms with E-state index in [2.05, 4.69) is 4.99 Å². The van der Waals surface area contributed by atoms with Crippen molar-refractivity contribution in [2.45, 2.75) is 19.1 Å². The van der Waals surface area contributed by atoms with Crippen molar-refractivity contribution >= 4 is 40.6 Å². The van der Waals surface area contributed by atoms with E-state index in [0.717, 1.165) is 5.56 Å². The van der Waals surface area contributed by atoms with E-state index in [1.807, 2.05) is 60.7 Å². The number of ether oxygens (including phenoxy) is 1. The zero-order chi connectivity index (χ0) is 19.2. The summed E-state index contributed by atoms with van der Waals surface area (Å²) in [6, 6.07) is 18.8. The molecule has 0 saturated heterocycles. The first-order chi connectivity index (χ1) is 13.1. The van der Waals surface area contributed by atoms with Crippen molar-refractivity contribution in [3.63, 3.8) is 0 Å². The van der Waals surface area contributed by atoms with Gasteiger partial charge in [0.05, 0.1) is 12.3 Å². The fourth-order valence-electron chi connectivity index (χ4n) is 2.55. The van der Waals surface area contributed by atoms with E-state index in [1.165, 1.54) is 16.7 Å². The second-order valence-corrected chi connectivity index (χ2v) is 7.13. The molecular weight excluding hydrogens is 360 g/mol. The Hall–Kier alpha value is -2.86. The first kappa shape index (κ1) is 18.9. The van der Waals surface area contributed by atoms with Crippen LogP contribution in [-0.4, -0.2) is 28.9 Å². The maximum absolute atomic E-state index is 13.0. The molecule has 27 heavy (non-hydrogen) atoms. The number of para-hydroxylation sites is 1. The lowest BCUT2D eigenvalue weighted by Crippen LogP contribution is -2.32. The van der Waals surface area contributed by atoms with Gasteiger partial charge in [-0.05, 0) is 37.6 Å². The molecule has 0 saturated carbocycles. The van der Waals surface area contributed by atoms with Crippen LogP contribution in [0.5, 0.6) is 0 Å². The van der Waals surface area contributed by atoms with Gasteiger partial charge >= 0.3 is 5.97 Å². The van der Waals surface area contributed by atoms with Crippen LogP contribution in [0.1, 0.15) is 19.4 Å². The molecule has 0 spiro atoms. The number of aliphatic imine (C=N–C) groups is 1. The van der Waals surface area contributed by atoms with Gasteiger partial charge in [0.2, 0.25) is 0 Å². The topological polar surface area (TPSA) is 59.0 Å². The van der Waals surface area contributed by atoms with E-state index >= 15 is 0 Å². The van der Waals surface area contributed by atoms with Crippen molar-refractivity contribution in [1.29, 1.82) is 0 Å². The van der Waals surface area contributed by atoms with Crippen LogP contribution in [0.2, 0.25) is 0 Å². The summed E-state index contributed by atoms with van der Waals surface area (Å²) >= 11 is 1.22. The van der Waals surface area contributed by atoms with Gasteiger partial charge < -0.3 is 4.74 Å². The third-order valence-corrected chi connectivity index (χ3v) is 4.88. The number of esters is 1. The first-order valence-electron chi connectivity index (χ1n) is 8.68. The van der Waals surface area contributed by atoms with E-state index in [9.17, 15) is 9.59 Å². The Morgan fingerprint density at radius 3 is 2.41 bits per heavy atom. The van der Waals surface area contributed by atoms with Crippen LogP contribution in [0.25, 0.3) is 6.08 Å². The van der Waals surface area contributed by atoms with Gasteiger partial charge in [-0.25, -0.2) is 4.99 Å². The molecule has 1 atom stereocenters. The number of thioether (sulfide) groups is 1. The van der Waals surface area contributed by atoms with E-state index in [-0.39, 0.29) is 11.9 Å². The second kappa shape index (κ2) is 8.68. The standard InChI is InChI=1S/C21H20N2O3S/c1-3-26-20(25)15(2)27-21-22-18(14-16-10-6-4-7-11-16)19(24)23(21)17-12-8-5-9-13-17/h4-15H,3H2,1-2H3/b18-14-/t15-/m0/s1. The molecule has 0 N–H and O–H groups in total. The van der Waals surface area contributed by atoms with Crippen molar-refractivity contribution < 1.29 is 14.3 Å². The first-order valence-corrected chi connectivity index (χ1v) is 9.56. The molecule has 1 heterocycles. The zero-order valence-corrected chi connectivity index (χ0v) is 16.0. The monoisotopic (exact) mass is 380 g/mol. The molecule has 0 unspecified atom stereocenters. The highest BCUT2D eigenvalue weighted by molar-refractivity contribution is 8.15. The van der Waals surface area contributed by atoms with Gasteiger partial charge in [0.15, 0.2) is 5.17 Å². The van der Waals surface area contributed by atoms with Gasteiger partial charge in [-0.3, -0.25) is 14.5 Å². The van der Waals surface area contributed by atoms with Gasteiger partial charge in [0, 0.05) is 0 Å². The predicted molar refractivity (Wildman–Crippen MR) is 109 cm³/mol. The fourth-order valence-corrected chi connectivity index (χ4v) is 3.48. The van der Waals surface area contributed by atoms with Crippen molar-refractivity contribution in [2.75, 3.05) is 11.5 Å². The van der Waals surface area contributed by atoms with E-state index in [1.54, 1.807) is 19.9 Å². The molecule has 2 aromatic carbocycles. The summed E-state index contributed by atoms with van der Waals surface area (Å²) in [7, 11) is 0. The Kier molecular flexibility index (Phi) is 6.08. The summed E-state index contributed by atoms with van der Waals surface area (Å²) in [6.07, 6.45) is 1.75. The van der Waals surface area contributed by atoms with E-state index < -0.39 is 5.25 Å². The predicted octanol–water partition coefficient (Wildman–Crippen LogP) is 4.12. The Morgan fingerprint density at radius 2 is 1.78 bits per heavy atom. The van der Waals surface area contributed by atoms with Crippen molar-refractivity contribution in [3.05, 3.63) is 71.9 Å². The summed E-state index contributed by atoms with van der Waals surface area (Å²) < 4.78 is 5.07. The number of nitrogens with zero attached hydrogens (tertiary/aromatic N) is 2. The van der Waals surface area contributed by atoms with E-state index in [4.69, 9.17) is 4.74 Å². The van der Waals surface area contributed by atoms with Crippen LogP contribution in [0.3, 0.4) is 0 Å². The number of amides is 1. The molecule has 3 rings (SSSR count). The maximum atomic E-state index is 13.0. The second-order valence-electron chi connectivity index (χ2n) is 5.82. The molecule has 2 aromatic rings. The minimum absolute atomic E-state index is 0.219. The van der Waals surface area contributed by atoms with Gasteiger partial charge in [-0.15, -0.1) is 0 Å². The lowest BCUT2D eigenvalue weighted by Gasteiger charge is -2.19. The Labute approximate surface area is 162 Å². The zero-order valence-electron chi connectivity index (χ0n) is 15.2. The van der Waals surface area contributed by atoms with Crippen LogP contribution in [0.15, 0.2) is 71.4 Å². The summed E-state index contributed by atoms with van der Waals surface area (Å²) in [5.41, 5.74) is 1.94. The molecular formula is C21H20N2O3S. The molecule has 5 nitrogen and oxygen atoms in total. The van der Waals surface area contributed by atoms with Crippen LogP contribution in [-0.2, 0) is 14.3 Å². The number of hydrogen-bond donors (Lipinski definition) is 0. The number of carbonyl (C=O) groups is 2. The van der Waals surface area contributed by atoms with Crippen molar-refractivity contribution in [3.8, 4) is 0 Å². The summed E-state index contributed by atoms with van der Waals surface area (Å²) in [5.74, 6) is -0.547. The SMILES string of the molecule is CCOC(=O)[C@H](C)SC1=N/C(=C\c2ccccc2)C(=O)N1c1ccccc1. The minimum atomic E-state index is -0.473. The van der Waals surface area contributed by atoms with Crippen LogP contribution < -0.4 is 4.90 Å². The van der Waals surface area contributed by atoms with Gasteiger partial charge in [-0.1, -0.05) is 60.3 Å². The number of amidine groups is 1. The molecule has 0 aliphatic carbocycles. The fraction of sp³-hybridized carbons (Fsp3) is 0.190. The molecule has 0 aromatic heterocycles. The Bertz CT molecular complexity index is 879. The smallest absolute Gasteiger partial charge is 0.319 e. The molecule has 1 aliphatic rings. The summed E-state index contributed by atoms with van der Waals surface area (Å²) in [5, 5.41) is -0.00674. The highest BCUT2D eigenvalue weighted by Crippen LogP contribution is 2.31. The molecule has 6 heteroatoms. The molecule has 1 amide bonds. The van der Waals surface area contributed by atoms with Gasteiger partial charge in [0.1, 0.15) is 10.9 Å². The lowest BCUT2D eigenvalue weighted by molar-refractivity contribution is -0.142. The van der Waals surface area contributed by atoms with Gasteiger partial charge in [-0.2, -0.15) is 0 Å². The number of benzene rings is 2. The summed E-state index contributed by atoms with van der Waals surface area (Å²) in [4.78, 5) is 31.1. The molecule has 1 aliphatic heterocycles. The highest BCUT2D eigenvalue weighted by Gasteiger charge is 2.34. The van der Waals surface area contributed by atoms with Crippen LogP contribution in [0, 0.1) is 0 Å². The number of hydrogen-bond acceptors (Lipinski definition) is 5.